The molecule has 0 aliphatic heterocycles. The molecule has 1 aromatic heterocycles. The van der Waals surface area contributed by atoms with Gasteiger partial charge in [-0.1, -0.05) is 41.1 Å². The number of aromatic nitrogens is 3. The van der Waals surface area contributed by atoms with Gasteiger partial charge in [-0.25, -0.2) is 9.48 Å². The maximum atomic E-state index is 12.3. The predicted molar refractivity (Wildman–Crippen MR) is 94.4 cm³/mol. The van der Waals surface area contributed by atoms with Crippen molar-refractivity contribution in [2.45, 2.75) is 13.5 Å². The molecular weight excluding hydrogens is 394 g/mol. The van der Waals surface area contributed by atoms with E-state index in [9.17, 15) is 4.79 Å². The second-order valence-corrected chi connectivity index (χ2v) is 6.38. The number of para-hydroxylation sites is 1. The molecule has 122 valence electrons. The monoisotopic (exact) mass is 405 g/mol. The van der Waals surface area contributed by atoms with Gasteiger partial charge in [0.1, 0.15) is 6.61 Å². The topological polar surface area (TPSA) is 57.0 Å². The number of hydrogen-bond donors (Lipinski definition) is 0. The third-order valence-electron chi connectivity index (χ3n) is 3.43. The normalized spacial score (nSPS) is 10.6. The predicted octanol–water partition coefficient (Wildman–Crippen LogP) is 4.35. The average molecular weight is 407 g/mol. The quantitative estimate of drug-likeness (QED) is 0.605. The van der Waals surface area contributed by atoms with Crippen molar-refractivity contribution in [1.82, 2.24) is 15.0 Å². The molecule has 0 aliphatic carbocycles. The van der Waals surface area contributed by atoms with Crippen LogP contribution in [-0.2, 0) is 11.3 Å². The number of hydrogen-bond acceptors (Lipinski definition) is 4. The second kappa shape index (κ2) is 7.15. The number of nitrogens with zero attached hydrogens (tertiary/aromatic N) is 3. The molecule has 0 aliphatic rings. The highest BCUT2D eigenvalue weighted by Gasteiger charge is 2.19. The zero-order chi connectivity index (χ0) is 17.1. The number of ether oxygens (including phenoxy) is 1. The number of carbonyl (C=O) groups is 1. The van der Waals surface area contributed by atoms with E-state index in [1.807, 2.05) is 30.3 Å². The van der Waals surface area contributed by atoms with Gasteiger partial charge in [0.25, 0.3) is 0 Å². The van der Waals surface area contributed by atoms with Crippen molar-refractivity contribution >= 4 is 33.5 Å². The fourth-order valence-corrected chi connectivity index (χ4v) is 2.88. The highest BCUT2D eigenvalue weighted by molar-refractivity contribution is 9.10. The molecule has 24 heavy (non-hydrogen) atoms. The lowest BCUT2D eigenvalue weighted by Crippen LogP contribution is -2.08. The molecule has 0 N–H and O–H groups in total. The highest BCUT2D eigenvalue weighted by Crippen LogP contribution is 2.22. The van der Waals surface area contributed by atoms with Crippen LogP contribution in [0.1, 0.15) is 21.7 Å². The van der Waals surface area contributed by atoms with Gasteiger partial charge in [-0.3, -0.25) is 0 Å². The Bertz CT molecular complexity index is 895. The Kier molecular flexibility index (Phi) is 4.97. The lowest BCUT2D eigenvalue weighted by atomic mass is 10.2. The summed E-state index contributed by atoms with van der Waals surface area (Å²) >= 11 is 9.38. The minimum Gasteiger partial charge on any atom is -0.456 e. The second-order valence-electron chi connectivity index (χ2n) is 5.09. The van der Waals surface area contributed by atoms with Gasteiger partial charge in [0, 0.05) is 9.50 Å². The minimum atomic E-state index is -0.522. The van der Waals surface area contributed by atoms with Crippen LogP contribution in [0.5, 0.6) is 0 Å². The van der Waals surface area contributed by atoms with Crippen molar-refractivity contribution in [1.29, 1.82) is 0 Å². The lowest BCUT2D eigenvalue weighted by Gasteiger charge is -2.06. The molecule has 5 nitrogen and oxygen atoms in total. The molecule has 3 aromatic rings. The smallest absolute Gasteiger partial charge is 0.361 e. The Morgan fingerprint density at radius 2 is 2.04 bits per heavy atom. The van der Waals surface area contributed by atoms with E-state index in [4.69, 9.17) is 16.3 Å². The van der Waals surface area contributed by atoms with Crippen molar-refractivity contribution in [2.24, 2.45) is 0 Å². The van der Waals surface area contributed by atoms with Crippen LogP contribution in [0.15, 0.2) is 53.0 Å². The van der Waals surface area contributed by atoms with Crippen LogP contribution >= 0.6 is 27.5 Å². The van der Waals surface area contributed by atoms with Gasteiger partial charge in [0.05, 0.1) is 11.4 Å². The first-order valence-corrected chi connectivity index (χ1v) is 8.32. The van der Waals surface area contributed by atoms with Crippen molar-refractivity contribution in [2.75, 3.05) is 0 Å². The first kappa shape index (κ1) is 16.7. The van der Waals surface area contributed by atoms with E-state index in [-0.39, 0.29) is 12.3 Å². The summed E-state index contributed by atoms with van der Waals surface area (Å²) in [4.78, 5) is 12.3. The molecule has 1 heterocycles. The number of esters is 1. The summed E-state index contributed by atoms with van der Waals surface area (Å²) in [5.41, 5.74) is 2.41. The zero-order valence-electron chi connectivity index (χ0n) is 12.7. The summed E-state index contributed by atoms with van der Waals surface area (Å²) in [6.07, 6.45) is 0. The maximum Gasteiger partial charge on any atom is 0.361 e. The first-order chi connectivity index (χ1) is 11.6. The summed E-state index contributed by atoms with van der Waals surface area (Å²) in [5, 5.41) is 8.60. The van der Waals surface area contributed by atoms with Crippen LogP contribution in [-0.4, -0.2) is 21.0 Å². The Morgan fingerprint density at radius 3 is 2.79 bits per heavy atom. The lowest BCUT2D eigenvalue weighted by molar-refractivity contribution is 0.0464. The van der Waals surface area contributed by atoms with Crippen LogP contribution in [0.25, 0.3) is 5.69 Å². The van der Waals surface area contributed by atoms with Gasteiger partial charge in [-0.05, 0) is 52.7 Å². The standard InChI is InChI=1S/C17H13BrClN3O2/c1-11-16(17(23)24-10-12-5-4-6-13(19)9-12)20-21-22(11)15-8-3-2-7-14(15)18/h2-9H,10H2,1H3. The van der Waals surface area contributed by atoms with Crippen molar-refractivity contribution in [3.8, 4) is 5.69 Å². The van der Waals surface area contributed by atoms with Gasteiger partial charge in [-0.2, -0.15) is 0 Å². The molecule has 0 amide bonds. The molecule has 0 saturated carbocycles. The van der Waals surface area contributed by atoms with E-state index in [1.54, 1.807) is 29.8 Å². The molecule has 0 fully saturated rings. The molecule has 0 bridgehead atoms. The van der Waals surface area contributed by atoms with Gasteiger partial charge in [0.15, 0.2) is 5.69 Å². The molecule has 0 atom stereocenters. The fraction of sp³-hybridized carbons (Fsp3) is 0.118. The molecule has 0 radical (unpaired) electrons. The van der Waals surface area contributed by atoms with Crippen LogP contribution in [0.3, 0.4) is 0 Å². The van der Waals surface area contributed by atoms with Crippen molar-refractivity contribution < 1.29 is 9.53 Å². The Balaban J connectivity index is 1.78. The summed E-state index contributed by atoms with van der Waals surface area (Å²) < 4.78 is 7.76. The van der Waals surface area contributed by atoms with Gasteiger partial charge in [0.2, 0.25) is 0 Å². The van der Waals surface area contributed by atoms with Gasteiger partial charge >= 0.3 is 5.97 Å². The Morgan fingerprint density at radius 1 is 1.25 bits per heavy atom. The number of halogens is 2. The maximum absolute atomic E-state index is 12.3. The number of carbonyl (C=O) groups excluding carboxylic acids is 1. The molecule has 0 saturated heterocycles. The number of rotatable bonds is 4. The highest BCUT2D eigenvalue weighted by atomic mass is 79.9. The SMILES string of the molecule is Cc1c(C(=O)OCc2cccc(Cl)c2)nnn1-c1ccccc1Br. The van der Waals surface area contributed by atoms with E-state index >= 15 is 0 Å². The van der Waals surface area contributed by atoms with Crippen LogP contribution < -0.4 is 0 Å². The summed E-state index contributed by atoms with van der Waals surface area (Å²) in [6.45, 7) is 1.90. The van der Waals surface area contributed by atoms with E-state index < -0.39 is 5.97 Å². The van der Waals surface area contributed by atoms with E-state index in [0.717, 1.165) is 15.7 Å². The fourth-order valence-electron chi connectivity index (χ4n) is 2.21. The number of benzene rings is 2. The molecule has 3 rings (SSSR count). The van der Waals surface area contributed by atoms with Crippen LogP contribution in [0.2, 0.25) is 5.02 Å². The Labute approximate surface area is 152 Å². The molecule has 0 unspecified atom stereocenters. The first-order valence-electron chi connectivity index (χ1n) is 7.15. The van der Waals surface area contributed by atoms with E-state index in [1.165, 1.54) is 0 Å². The molecule has 2 aromatic carbocycles. The van der Waals surface area contributed by atoms with Crippen molar-refractivity contribution in [3.05, 3.63) is 75.0 Å². The minimum absolute atomic E-state index is 0.126. The largest absolute Gasteiger partial charge is 0.456 e. The van der Waals surface area contributed by atoms with E-state index in [0.29, 0.717) is 10.7 Å². The van der Waals surface area contributed by atoms with E-state index in [2.05, 4.69) is 26.2 Å². The third-order valence-corrected chi connectivity index (χ3v) is 4.33. The van der Waals surface area contributed by atoms with Crippen molar-refractivity contribution in [3.63, 3.8) is 0 Å². The van der Waals surface area contributed by atoms with Gasteiger partial charge in [-0.15, -0.1) is 5.10 Å². The third kappa shape index (κ3) is 3.49. The zero-order valence-corrected chi connectivity index (χ0v) is 15.1. The Hall–Kier alpha value is -2.18. The van der Waals surface area contributed by atoms with Gasteiger partial charge < -0.3 is 4.74 Å². The summed E-state index contributed by atoms with van der Waals surface area (Å²) in [6, 6.07) is 14.7. The van der Waals surface area contributed by atoms with Crippen LogP contribution in [0, 0.1) is 6.92 Å². The molecule has 7 heteroatoms. The molecule has 0 spiro atoms. The average Bonchev–Trinajstić information content (AvgIpc) is 2.95. The summed E-state index contributed by atoms with van der Waals surface area (Å²) in [7, 11) is 0. The van der Waals surface area contributed by atoms with Crippen LogP contribution in [0.4, 0.5) is 0 Å². The summed E-state index contributed by atoms with van der Waals surface area (Å²) in [5.74, 6) is -0.522. The molecular formula is C17H13BrClN3O2.